The molecule has 1 saturated heterocycles. The highest BCUT2D eigenvalue weighted by molar-refractivity contribution is 5.94. The Morgan fingerprint density at radius 1 is 1.15 bits per heavy atom. The molecule has 0 radical (unpaired) electrons. The van der Waals surface area contributed by atoms with Gasteiger partial charge in [-0.3, -0.25) is 4.79 Å². The lowest BCUT2D eigenvalue weighted by Gasteiger charge is -2.17. The van der Waals surface area contributed by atoms with Crippen LogP contribution in [0.15, 0.2) is 48.5 Å². The van der Waals surface area contributed by atoms with Crippen molar-refractivity contribution in [1.82, 2.24) is 4.90 Å². The average molecular weight is 364 g/mol. The van der Waals surface area contributed by atoms with Gasteiger partial charge in [0.25, 0.3) is 5.91 Å². The van der Waals surface area contributed by atoms with E-state index in [-0.39, 0.29) is 11.7 Å². The third-order valence-electron chi connectivity index (χ3n) is 4.38. The summed E-state index contributed by atoms with van der Waals surface area (Å²) in [7, 11) is 0. The lowest BCUT2D eigenvalue weighted by molar-refractivity contribution is -0.137. The first-order valence-electron chi connectivity index (χ1n) is 8.31. The monoisotopic (exact) mass is 364 g/mol. The topological polar surface area (TPSA) is 55.6 Å². The number of hydrogen-bond acceptors (Lipinski definition) is 3. The summed E-state index contributed by atoms with van der Waals surface area (Å²) in [5.41, 5.74) is 5.30. The number of carbonyl (C=O) groups is 1. The lowest BCUT2D eigenvalue weighted by Crippen LogP contribution is -2.29. The number of likely N-dealkylation sites (tertiary alicyclic amines) is 1. The highest BCUT2D eigenvalue weighted by Crippen LogP contribution is 2.33. The standard InChI is InChI=1S/C19H19F3N2O2/c20-19(21,22)15-4-2-6-17(10-15)26-16-5-1-3-14(9-16)18(25)24-8-7-13(11-23)12-24/h1-6,9-10,13H,7-8,11-12,23H2. The Kier molecular flexibility index (Phi) is 5.18. The molecule has 1 aliphatic heterocycles. The number of benzene rings is 2. The average Bonchev–Trinajstić information content (AvgIpc) is 3.10. The predicted molar refractivity (Wildman–Crippen MR) is 91.0 cm³/mol. The van der Waals surface area contributed by atoms with Crippen LogP contribution in [0, 0.1) is 5.92 Å². The first-order chi connectivity index (χ1) is 12.4. The van der Waals surface area contributed by atoms with Gasteiger partial charge in [0.05, 0.1) is 5.56 Å². The Labute approximate surface area is 149 Å². The van der Waals surface area contributed by atoms with Crippen LogP contribution in [0.2, 0.25) is 0 Å². The molecule has 0 aliphatic carbocycles. The molecule has 1 fully saturated rings. The van der Waals surface area contributed by atoms with Gasteiger partial charge in [0.15, 0.2) is 0 Å². The molecule has 3 rings (SSSR count). The van der Waals surface area contributed by atoms with Crippen LogP contribution in [-0.4, -0.2) is 30.4 Å². The Bertz CT molecular complexity index is 792. The zero-order valence-electron chi connectivity index (χ0n) is 14.0. The summed E-state index contributed by atoms with van der Waals surface area (Å²) in [5.74, 6) is 0.553. The van der Waals surface area contributed by atoms with Crippen molar-refractivity contribution < 1.29 is 22.7 Å². The molecule has 1 unspecified atom stereocenters. The molecule has 2 N–H and O–H groups in total. The van der Waals surface area contributed by atoms with E-state index in [0.29, 0.717) is 36.9 Å². The summed E-state index contributed by atoms with van der Waals surface area (Å²) in [6, 6.07) is 11.1. The van der Waals surface area contributed by atoms with Gasteiger partial charge in [0, 0.05) is 18.7 Å². The van der Waals surface area contributed by atoms with Crippen LogP contribution < -0.4 is 10.5 Å². The summed E-state index contributed by atoms with van der Waals surface area (Å²) in [6.45, 7) is 1.82. The molecule has 7 heteroatoms. The zero-order valence-corrected chi connectivity index (χ0v) is 14.0. The first kappa shape index (κ1) is 18.3. The second-order valence-corrected chi connectivity index (χ2v) is 6.30. The summed E-state index contributed by atoms with van der Waals surface area (Å²) >= 11 is 0. The number of alkyl halides is 3. The van der Waals surface area contributed by atoms with E-state index in [9.17, 15) is 18.0 Å². The van der Waals surface area contributed by atoms with Crippen LogP contribution in [-0.2, 0) is 6.18 Å². The second-order valence-electron chi connectivity index (χ2n) is 6.30. The van der Waals surface area contributed by atoms with Crippen LogP contribution >= 0.6 is 0 Å². The lowest BCUT2D eigenvalue weighted by atomic mass is 10.1. The Morgan fingerprint density at radius 2 is 1.85 bits per heavy atom. The van der Waals surface area contributed by atoms with E-state index in [4.69, 9.17) is 10.5 Å². The number of amides is 1. The van der Waals surface area contributed by atoms with Gasteiger partial charge < -0.3 is 15.4 Å². The summed E-state index contributed by atoms with van der Waals surface area (Å²) in [6.07, 6.45) is -3.56. The molecule has 2 aromatic rings. The highest BCUT2D eigenvalue weighted by atomic mass is 19.4. The fourth-order valence-electron chi connectivity index (χ4n) is 2.96. The van der Waals surface area contributed by atoms with Gasteiger partial charge in [-0.2, -0.15) is 13.2 Å². The minimum absolute atomic E-state index is 0.0637. The van der Waals surface area contributed by atoms with Gasteiger partial charge in [-0.15, -0.1) is 0 Å². The van der Waals surface area contributed by atoms with E-state index in [1.807, 2.05) is 0 Å². The molecule has 26 heavy (non-hydrogen) atoms. The fraction of sp³-hybridized carbons (Fsp3) is 0.316. The van der Waals surface area contributed by atoms with Crippen LogP contribution in [0.3, 0.4) is 0 Å². The van der Waals surface area contributed by atoms with Crippen LogP contribution in [0.25, 0.3) is 0 Å². The fourth-order valence-corrected chi connectivity index (χ4v) is 2.96. The molecular formula is C19H19F3N2O2. The molecule has 0 spiro atoms. The second kappa shape index (κ2) is 7.37. The Balaban J connectivity index is 1.75. The zero-order chi connectivity index (χ0) is 18.7. The molecule has 1 atom stereocenters. The minimum Gasteiger partial charge on any atom is -0.457 e. The maximum atomic E-state index is 12.8. The number of hydrogen-bond donors (Lipinski definition) is 1. The molecular weight excluding hydrogens is 345 g/mol. The maximum Gasteiger partial charge on any atom is 0.416 e. The summed E-state index contributed by atoms with van der Waals surface area (Å²) in [4.78, 5) is 14.3. The van der Waals surface area contributed by atoms with Gasteiger partial charge in [-0.1, -0.05) is 12.1 Å². The van der Waals surface area contributed by atoms with Crippen LogP contribution in [0.4, 0.5) is 13.2 Å². The summed E-state index contributed by atoms with van der Waals surface area (Å²) < 4.78 is 43.9. The van der Waals surface area contributed by atoms with Gasteiger partial charge in [-0.05, 0) is 55.3 Å². The summed E-state index contributed by atoms with van der Waals surface area (Å²) in [5, 5.41) is 0. The van der Waals surface area contributed by atoms with Crippen molar-refractivity contribution in [3.05, 3.63) is 59.7 Å². The molecule has 2 aromatic carbocycles. The smallest absolute Gasteiger partial charge is 0.416 e. The van der Waals surface area contributed by atoms with Gasteiger partial charge in [-0.25, -0.2) is 0 Å². The number of ether oxygens (including phenoxy) is 1. The minimum atomic E-state index is -4.44. The Hall–Kier alpha value is -2.54. The van der Waals surface area contributed by atoms with Crippen molar-refractivity contribution in [3.8, 4) is 11.5 Å². The molecule has 138 valence electrons. The normalized spacial score (nSPS) is 17.4. The molecule has 1 aliphatic rings. The molecule has 1 heterocycles. The number of halogens is 3. The van der Waals surface area contributed by atoms with E-state index in [1.54, 1.807) is 29.2 Å². The van der Waals surface area contributed by atoms with Gasteiger partial charge in [0.1, 0.15) is 11.5 Å². The van der Waals surface area contributed by atoms with Crippen molar-refractivity contribution in [2.24, 2.45) is 11.7 Å². The molecule has 1 amide bonds. The largest absolute Gasteiger partial charge is 0.457 e. The van der Waals surface area contributed by atoms with Crippen molar-refractivity contribution in [2.75, 3.05) is 19.6 Å². The van der Waals surface area contributed by atoms with Crippen LogP contribution in [0.5, 0.6) is 11.5 Å². The predicted octanol–water partition coefficient (Wildman–Crippen LogP) is 3.92. The first-order valence-corrected chi connectivity index (χ1v) is 8.31. The van der Waals surface area contributed by atoms with Crippen LogP contribution in [0.1, 0.15) is 22.3 Å². The molecule has 4 nitrogen and oxygen atoms in total. The van der Waals surface area contributed by atoms with Crippen molar-refractivity contribution in [3.63, 3.8) is 0 Å². The SMILES string of the molecule is NCC1CCN(C(=O)c2cccc(Oc3cccc(C(F)(F)F)c3)c2)C1. The highest BCUT2D eigenvalue weighted by Gasteiger charge is 2.30. The number of rotatable bonds is 4. The van der Waals surface area contributed by atoms with Crippen molar-refractivity contribution in [1.29, 1.82) is 0 Å². The Morgan fingerprint density at radius 3 is 2.50 bits per heavy atom. The molecule has 0 saturated carbocycles. The number of nitrogens with two attached hydrogens (primary N) is 1. The number of nitrogens with zero attached hydrogens (tertiary/aromatic N) is 1. The van der Waals surface area contributed by atoms with E-state index in [0.717, 1.165) is 18.6 Å². The van der Waals surface area contributed by atoms with E-state index in [1.165, 1.54) is 12.1 Å². The van der Waals surface area contributed by atoms with Gasteiger partial charge >= 0.3 is 6.18 Å². The van der Waals surface area contributed by atoms with Gasteiger partial charge in [0.2, 0.25) is 0 Å². The molecule has 0 bridgehead atoms. The van der Waals surface area contributed by atoms with E-state index < -0.39 is 11.7 Å². The van der Waals surface area contributed by atoms with E-state index in [2.05, 4.69) is 0 Å². The number of carbonyl (C=O) groups excluding carboxylic acids is 1. The third kappa shape index (κ3) is 4.16. The van der Waals surface area contributed by atoms with Crippen molar-refractivity contribution in [2.45, 2.75) is 12.6 Å². The quantitative estimate of drug-likeness (QED) is 0.895. The molecule has 0 aromatic heterocycles. The maximum absolute atomic E-state index is 12.8. The third-order valence-corrected chi connectivity index (χ3v) is 4.38. The van der Waals surface area contributed by atoms with Crippen molar-refractivity contribution >= 4 is 5.91 Å². The van der Waals surface area contributed by atoms with E-state index >= 15 is 0 Å².